The average Bonchev–Trinajstić information content (AvgIpc) is 3.19. The molecule has 0 radical (unpaired) electrons. The summed E-state index contributed by atoms with van der Waals surface area (Å²) in [5.41, 5.74) is 2.05. The lowest BCUT2D eigenvalue weighted by atomic mass is 9.95. The third kappa shape index (κ3) is 2.36. The Kier molecular flexibility index (Phi) is 3.04. The number of aromatic nitrogens is 5. The minimum atomic E-state index is 0.488. The van der Waals surface area contributed by atoms with Crippen LogP contribution in [0, 0.1) is 0 Å². The molecule has 1 aliphatic rings. The van der Waals surface area contributed by atoms with Gasteiger partial charge in [-0.05, 0) is 32.0 Å². The first-order valence-electron chi connectivity index (χ1n) is 7.21. The Morgan fingerprint density at radius 1 is 1.19 bits per heavy atom. The van der Waals surface area contributed by atoms with Gasteiger partial charge in [0.1, 0.15) is 11.3 Å². The van der Waals surface area contributed by atoms with E-state index in [1.807, 2.05) is 22.8 Å². The highest BCUT2D eigenvalue weighted by Gasteiger charge is 2.19. The van der Waals surface area contributed by atoms with E-state index < -0.39 is 0 Å². The van der Waals surface area contributed by atoms with Crippen molar-refractivity contribution in [3.8, 4) is 0 Å². The third-order valence-corrected chi connectivity index (χ3v) is 3.92. The number of rotatable bonds is 3. The van der Waals surface area contributed by atoms with Crippen molar-refractivity contribution in [2.24, 2.45) is 0 Å². The lowest BCUT2D eigenvalue weighted by molar-refractivity contribution is 0.452. The van der Waals surface area contributed by atoms with Crippen LogP contribution in [0.4, 0.5) is 11.6 Å². The molecule has 21 heavy (non-hydrogen) atoms. The summed E-state index contributed by atoms with van der Waals surface area (Å²) in [6.07, 6.45) is 7.78. The number of anilines is 2. The van der Waals surface area contributed by atoms with Crippen LogP contribution >= 0.6 is 0 Å². The molecule has 0 unspecified atom stereocenters. The Labute approximate surface area is 121 Å². The smallest absolute Gasteiger partial charge is 0.157 e. The highest BCUT2D eigenvalue weighted by Crippen LogP contribution is 2.27. The first-order valence-corrected chi connectivity index (χ1v) is 7.21. The van der Waals surface area contributed by atoms with Crippen LogP contribution in [-0.2, 0) is 0 Å². The van der Waals surface area contributed by atoms with Crippen molar-refractivity contribution in [3.63, 3.8) is 0 Å². The first kappa shape index (κ1) is 12.3. The topological polar surface area (TPSA) is 82.9 Å². The number of hydrogen-bond donors (Lipinski definition) is 3. The molecule has 3 N–H and O–H groups in total. The molecule has 0 atom stereocenters. The van der Waals surface area contributed by atoms with Gasteiger partial charge in [0.05, 0.1) is 24.3 Å². The van der Waals surface area contributed by atoms with Crippen LogP contribution in [0.25, 0.3) is 5.52 Å². The summed E-state index contributed by atoms with van der Waals surface area (Å²) in [4.78, 5) is 4.82. The minimum absolute atomic E-state index is 0.488. The number of fused-ring (bicyclic) bond motifs is 1. The number of hydrogen-bond acceptors (Lipinski definition) is 5. The zero-order chi connectivity index (χ0) is 14.1. The predicted molar refractivity (Wildman–Crippen MR) is 79.7 cm³/mol. The van der Waals surface area contributed by atoms with Crippen molar-refractivity contribution in [3.05, 3.63) is 36.4 Å². The summed E-state index contributed by atoms with van der Waals surface area (Å²) in [5.74, 6) is 2.13. The van der Waals surface area contributed by atoms with Gasteiger partial charge in [0.15, 0.2) is 5.82 Å². The van der Waals surface area contributed by atoms with Gasteiger partial charge < -0.3 is 10.6 Å². The molecule has 4 rings (SSSR count). The van der Waals surface area contributed by atoms with Crippen molar-refractivity contribution < 1.29 is 0 Å². The normalized spacial score (nSPS) is 16.4. The Morgan fingerprint density at radius 2 is 2.10 bits per heavy atom. The van der Waals surface area contributed by atoms with E-state index in [2.05, 4.69) is 25.9 Å². The van der Waals surface area contributed by atoms with Crippen molar-refractivity contribution in [2.75, 3.05) is 18.4 Å². The lowest BCUT2D eigenvalue weighted by Gasteiger charge is -2.22. The van der Waals surface area contributed by atoms with E-state index in [0.717, 1.165) is 48.8 Å². The second kappa shape index (κ2) is 5.17. The highest BCUT2D eigenvalue weighted by atomic mass is 15.3. The largest absolute Gasteiger partial charge is 0.324 e. The van der Waals surface area contributed by atoms with Crippen LogP contribution in [0.5, 0.6) is 0 Å². The quantitative estimate of drug-likeness (QED) is 0.681. The molecule has 1 saturated heterocycles. The summed E-state index contributed by atoms with van der Waals surface area (Å²) in [5, 5.41) is 17.9. The van der Waals surface area contributed by atoms with Crippen LogP contribution < -0.4 is 10.6 Å². The molecule has 0 spiro atoms. The van der Waals surface area contributed by atoms with Crippen LogP contribution in [0.2, 0.25) is 0 Å². The van der Waals surface area contributed by atoms with Gasteiger partial charge in [-0.2, -0.15) is 10.2 Å². The van der Waals surface area contributed by atoms with Gasteiger partial charge in [-0.15, -0.1) is 0 Å². The molecule has 0 saturated carbocycles. The minimum Gasteiger partial charge on any atom is -0.324 e. The molecule has 0 amide bonds. The maximum absolute atomic E-state index is 4.82. The van der Waals surface area contributed by atoms with Gasteiger partial charge in [-0.3, -0.25) is 5.10 Å². The van der Waals surface area contributed by atoms with Gasteiger partial charge >= 0.3 is 0 Å². The molecule has 7 nitrogen and oxygen atoms in total. The van der Waals surface area contributed by atoms with Gasteiger partial charge in [-0.25, -0.2) is 9.50 Å². The molecule has 0 aromatic carbocycles. The van der Waals surface area contributed by atoms with Crippen LogP contribution in [-0.4, -0.2) is 37.9 Å². The maximum Gasteiger partial charge on any atom is 0.157 e. The number of aromatic amines is 1. The van der Waals surface area contributed by atoms with Crippen molar-refractivity contribution in [1.82, 2.24) is 30.1 Å². The predicted octanol–water partition coefficient (Wildman–Crippen LogP) is 1.66. The Bertz CT molecular complexity index is 725. The number of piperidine rings is 1. The summed E-state index contributed by atoms with van der Waals surface area (Å²) >= 11 is 0. The highest BCUT2D eigenvalue weighted by molar-refractivity contribution is 5.71. The van der Waals surface area contributed by atoms with Gasteiger partial charge in [0.2, 0.25) is 0 Å². The van der Waals surface area contributed by atoms with E-state index in [1.165, 1.54) is 0 Å². The Balaban J connectivity index is 1.74. The molecule has 3 aromatic heterocycles. The standard InChI is InChI=1S/C14H17N7/c1-5-15-6-2-10(1)11-9-21-12(3-8-17-21)14(18-11)19-13-4-7-16-20-13/h3-4,7-10,15H,1-2,5-6H2,(H2,16,18,19,20). The summed E-state index contributed by atoms with van der Waals surface area (Å²) < 4.78 is 1.89. The number of H-pyrrole nitrogens is 1. The molecule has 3 aromatic rings. The van der Waals surface area contributed by atoms with Gasteiger partial charge in [0, 0.05) is 12.0 Å². The van der Waals surface area contributed by atoms with E-state index in [9.17, 15) is 0 Å². The van der Waals surface area contributed by atoms with Crippen LogP contribution in [0.3, 0.4) is 0 Å². The second-order valence-corrected chi connectivity index (χ2v) is 5.29. The van der Waals surface area contributed by atoms with Gasteiger partial charge in [-0.1, -0.05) is 0 Å². The Hall–Kier alpha value is -2.41. The Morgan fingerprint density at radius 3 is 2.90 bits per heavy atom. The van der Waals surface area contributed by atoms with Gasteiger partial charge in [0.25, 0.3) is 0 Å². The number of nitrogens with zero attached hydrogens (tertiary/aromatic N) is 4. The zero-order valence-electron chi connectivity index (χ0n) is 11.6. The summed E-state index contributed by atoms with van der Waals surface area (Å²) in [6.45, 7) is 2.10. The fourth-order valence-electron chi connectivity index (χ4n) is 2.80. The van der Waals surface area contributed by atoms with Crippen LogP contribution in [0.1, 0.15) is 24.5 Å². The summed E-state index contributed by atoms with van der Waals surface area (Å²) in [7, 11) is 0. The molecule has 0 bridgehead atoms. The molecule has 0 aliphatic carbocycles. The lowest BCUT2D eigenvalue weighted by Crippen LogP contribution is -2.27. The van der Waals surface area contributed by atoms with E-state index in [4.69, 9.17) is 4.98 Å². The molecule has 108 valence electrons. The fraction of sp³-hybridized carbons (Fsp3) is 0.357. The average molecular weight is 283 g/mol. The van der Waals surface area contributed by atoms with E-state index in [0.29, 0.717) is 5.92 Å². The third-order valence-electron chi connectivity index (χ3n) is 3.92. The number of nitrogens with one attached hydrogen (secondary N) is 3. The van der Waals surface area contributed by atoms with E-state index in [1.54, 1.807) is 12.4 Å². The SMILES string of the molecule is c1cc(Nc2nc(C3CCNCC3)cn3nccc23)[nH]n1. The molecular weight excluding hydrogens is 266 g/mol. The fourth-order valence-corrected chi connectivity index (χ4v) is 2.80. The summed E-state index contributed by atoms with van der Waals surface area (Å²) in [6, 6.07) is 3.84. The molecular formula is C14H17N7. The second-order valence-electron chi connectivity index (χ2n) is 5.29. The van der Waals surface area contributed by atoms with Crippen LogP contribution in [0.15, 0.2) is 30.7 Å². The first-order chi connectivity index (χ1) is 10.4. The molecule has 1 fully saturated rings. The van der Waals surface area contributed by atoms with Crippen molar-refractivity contribution >= 4 is 17.2 Å². The molecule has 4 heterocycles. The van der Waals surface area contributed by atoms with Crippen molar-refractivity contribution in [1.29, 1.82) is 0 Å². The molecule has 7 heteroatoms. The van der Waals surface area contributed by atoms with E-state index in [-0.39, 0.29) is 0 Å². The monoisotopic (exact) mass is 283 g/mol. The zero-order valence-corrected chi connectivity index (χ0v) is 11.6. The van der Waals surface area contributed by atoms with E-state index >= 15 is 0 Å². The molecule has 1 aliphatic heterocycles. The van der Waals surface area contributed by atoms with Crippen molar-refractivity contribution in [2.45, 2.75) is 18.8 Å². The maximum atomic E-state index is 4.82.